The van der Waals surface area contributed by atoms with Crippen LogP contribution in [0.1, 0.15) is 169 Å². The average molecular weight is 1460 g/mol. The molecule has 2 aromatic carbocycles. The third-order valence-electron chi connectivity index (χ3n) is 16.4. The van der Waals surface area contributed by atoms with Gasteiger partial charge >= 0.3 is 108 Å². The molecule has 0 aliphatic carbocycles. The molecule has 2 N–H and O–H groups in total. The SMILES string of the molecule is C.CC#Cc1cc(N2CCOCC2)n2nc([C@@H]3CCCCN3C(=O)c3cc(Cl)ccc3NS(C)(=O)=O)cc2n1.CC#[C][Sn]([CH2]CCC)([CH2]CCC)[CH2]CCC.CS(=O)(=O)Nc1ccc(Cl)cc1C(=O)N1CCCC[C@H]1c1cc2nc(Cl)cc(N3CCOCC3)n2n1. The summed E-state index contributed by atoms with van der Waals surface area (Å²) in [6.45, 7) is 17.2. The summed E-state index contributed by atoms with van der Waals surface area (Å²) in [5.41, 5.74) is 4.11. The van der Waals surface area contributed by atoms with Crippen molar-refractivity contribution in [2.24, 2.45) is 0 Å². The van der Waals surface area contributed by atoms with Crippen molar-refractivity contribution >= 4 is 119 Å². The summed E-state index contributed by atoms with van der Waals surface area (Å²) in [6.07, 6.45) is 15.4. The van der Waals surface area contributed by atoms with Gasteiger partial charge in [0.15, 0.2) is 11.3 Å². The Labute approximate surface area is 557 Å². The van der Waals surface area contributed by atoms with E-state index in [1.807, 2.05) is 22.7 Å². The summed E-state index contributed by atoms with van der Waals surface area (Å²) in [5.74, 6) is 10.3. The fourth-order valence-electron chi connectivity index (χ4n) is 12.1. The van der Waals surface area contributed by atoms with E-state index >= 15 is 0 Å². The molecular weight excluding hydrogens is 1370 g/mol. The Morgan fingerprint density at radius 1 is 0.593 bits per heavy atom. The van der Waals surface area contributed by atoms with Crippen molar-refractivity contribution in [1.82, 2.24) is 39.0 Å². The average Bonchev–Trinajstić information content (AvgIpc) is 1.69. The number of hydrogen-bond acceptors (Lipinski definition) is 14. The number of nitrogens with zero attached hydrogens (tertiary/aromatic N) is 10. The predicted molar refractivity (Wildman–Crippen MR) is 370 cm³/mol. The van der Waals surface area contributed by atoms with Gasteiger partial charge in [-0.05, 0) is 87.8 Å². The Bertz CT molecular complexity index is 3820. The van der Waals surface area contributed by atoms with Crippen LogP contribution < -0.4 is 19.2 Å². The molecule has 2 atom stereocenters. The first-order valence-electron chi connectivity index (χ1n) is 31.3. The van der Waals surface area contributed by atoms with Crippen LogP contribution in [0.15, 0.2) is 60.7 Å². The number of sulfonamides is 2. The van der Waals surface area contributed by atoms with E-state index in [0.717, 1.165) is 75.0 Å². The number of fused-ring (bicyclic) bond motifs is 2. The monoisotopic (exact) mass is 1450 g/mol. The zero-order valence-corrected chi connectivity index (χ0v) is 59.5. The topological polar surface area (TPSA) is 218 Å². The number of halogens is 3. The number of amides is 2. The summed E-state index contributed by atoms with van der Waals surface area (Å²) < 4.78 is 75.5. The molecule has 10 rings (SSSR count). The molecule has 4 saturated heterocycles. The minimum Gasteiger partial charge on any atom is -0.378 e. The molecule has 4 aromatic heterocycles. The van der Waals surface area contributed by atoms with Gasteiger partial charge in [0.25, 0.3) is 11.8 Å². The van der Waals surface area contributed by atoms with Gasteiger partial charge in [-0.2, -0.15) is 19.2 Å². The molecule has 6 aromatic rings. The molecule has 91 heavy (non-hydrogen) atoms. The number of morpholine rings is 2. The molecule has 0 unspecified atom stereocenters. The molecule has 20 nitrogen and oxygen atoms in total. The fourth-order valence-corrected chi connectivity index (χ4v) is 27.3. The first kappa shape index (κ1) is 72.8. The van der Waals surface area contributed by atoms with Crippen LogP contribution in [-0.2, 0) is 29.5 Å². The van der Waals surface area contributed by atoms with Crippen LogP contribution >= 0.6 is 34.8 Å². The maximum Gasteiger partial charge on any atom is 0.256 e. The first-order chi connectivity index (χ1) is 43.2. The number of likely N-dealkylation sites (tertiary alicyclic amines) is 2. The number of piperidine rings is 2. The Balaban J connectivity index is 0.000000209. The fraction of sp³-hybridized carbons (Fsp3) is 0.538. The maximum atomic E-state index is 13.9. The number of aromatic nitrogens is 6. The molecule has 0 spiro atoms. The molecular formula is C65H89Cl3N12O8S2Sn. The third kappa shape index (κ3) is 19.7. The molecule has 0 radical (unpaired) electrons. The van der Waals surface area contributed by atoms with Crippen LogP contribution in [0.3, 0.4) is 0 Å². The van der Waals surface area contributed by atoms with Gasteiger partial charge in [-0.3, -0.25) is 19.0 Å². The number of anilines is 4. The van der Waals surface area contributed by atoms with Crippen molar-refractivity contribution in [1.29, 1.82) is 0 Å². The zero-order chi connectivity index (χ0) is 64.6. The number of nitrogens with one attached hydrogen (secondary N) is 2. The third-order valence-corrected chi connectivity index (χ3v) is 31.7. The van der Waals surface area contributed by atoms with Crippen molar-refractivity contribution in [3.05, 3.63) is 104 Å². The van der Waals surface area contributed by atoms with Crippen molar-refractivity contribution in [3.63, 3.8) is 0 Å². The quantitative estimate of drug-likeness (QED) is 0.0438. The number of hydrogen-bond donors (Lipinski definition) is 2. The Morgan fingerprint density at radius 2 is 1.02 bits per heavy atom. The number of carbonyl (C=O) groups excluding carboxylic acids is 2. The minimum absolute atomic E-state index is 0. The normalized spacial score (nSPS) is 17.1. The van der Waals surface area contributed by atoms with E-state index in [2.05, 4.69) is 73.6 Å². The van der Waals surface area contributed by atoms with Crippen LogP contribution in [0.5, 0.6) is 0 Å². The molecule has 4 fully saturated rings. The summed E-state index contributed by atoms with van der Waals surface area (Å²) in [6, 6.07) is 16.0. The summed E-state index contributed by atoms with van der Waals surface area (Å²) in [7, 11) is -7.19. The number of benzene rings is 2. The summed E-state index contributed by atoms with van der Waals surface area (Å²) >= 11 is 16.7. The van der Waals surface area contributed by atoms with Gasteiger partial charge in [0.05, 0.1) is 84.9 Å². The van der Waals surface area contributed by atoms with Gasteiger partial charge < -0.3 is 29.1 Å². The van der Waals surface area contributed by atoms with E-state index in [0.29, 0.717) is 96.9 Å². The van der Waals surface area contributed by atoms with Gasteiger partial charge in [-0.1, -0.05) is 48.1 Å². The summed E-state index contributed by atoms with van der Waals surface area (Å²) in [5, 5.41) is 10.8. The van der Waals surface area contributed by atoms with Crippen LogP contribution in [0.4, 0.5) is 23.0 Å². The van der Waals surface area contributed by atoms with E-state index < -0.39 is 38.4 Å². The molecule has 4 aliphatic rings. The van der Waals surface area contributed by atoms with E-state index in [-0.39, 0.29) is 53.8 Å². The van der Waals surface area contributed by atoms with E-state index in [1.54, 1.807) is 39.4 Å². The molecule has 8 heterocycles. The number of ether oxygens (including phenoxy) is 2. The molecule has 2 amide bonds. The van der Waals surface area contributed by atoms with Gasteiger partial charge in [0, 0.05) is 73.6 Å². The van der Waals surface area contributed by atoms with E-state index in [1.165, 1.54) is 76.1 Å². The van der Waals surface area contributed by atoms with Gasteiger partial charge in [0.2, 0.25) is 20.0 Å². The smallest absolute Gasteiger partial charge is 0.256 e. The molecule has 0 saturated carbocycles. The van der Waals surface area contributed by atoms with E-state index in [4.69, 9.17) is 59.5 Å². The second kappa shape index (κ2) is 34.0. The molecule has 0 bridgehead atoms. The standard InChI is InChI=1S/C26H29ClN6O4S.C23H26Cl2N6O4S.3C4H9.C3H3.CH4.Sn/c1-3-6-19-16-25(31-11-13-37-14-12-31)33-24(28-19)17-22(29-33)23-7-4-5-10-32(23)26(34)20-15-18(27)8-9-21(20)30-38(2,35)36;1-36(33,34)28-17-6-5-15(24)12-16(17)23(32)30-7-3-2-4-19(30)18-13-21-26-20(25)14-22(31(21)27-18)29-8-10-35-11-9-29;3*1-3-4-2;1-3-2;;/h8-9,15-17,23,30H,4-5,7,10-14H2,1-2H3;5-6,12-14,19,28H,2-4,7-11H2,1H3;3*1,3-4H2,2H3;1H3;1H4;/t23-;19-;;;;;;/m00....../s1. The number of carbonyl (C=O) groups is 2. The van der Waals surface area contributed by atoms with Crippen molar-refractivity contribution in [2.75, 3.05) is 97.5 Å². The molecule has 4 aliphatic heterocycles. The maximum absolute atomic E-state index is 13.9. The van der Waals surface area contributed by atoms with Crippen LogP contribution in [0.2, 0.25) is 28.5 Å². The van der Waals surface area contributed by atoms with Crippen LogP contribution in [0.25, 0.3) is 11.3 Å². The van der Waals surface area contributed by atoms with Crippen molar-refractivity contribution in [2.45, 2.75) is 144 Å². The Hall–Kier alpha value is -5.57. The second-order valence-electron chi connectivity index (χ2n) is 23.3. The van der Waals surface area contributed by atoms with E-state index in [9.17, 15) is 26.4 Å². The Kier molecular flexibility index (Phi) is 27.2. The predicted octanol–water partition coefficient (Wildman–Crippen LogP) is 13.0. The number of unbranched alkanes of at least 4 members (excludes halogenated alkanes) is 3. The van der Waals surface area contributed by atoms with Crippen molar-refractivity contribution in [3.8, 4) is 21.7 Å². The second-order valence-corrected chi connectivity index (χ2v) is 40.4. The first-order valence-corrected chi connectivity index (χ1v) is 43.7. The number of rotatable bonds is 19. The van der Waals surface area contributed by atoms with Gasteiger partial charge in [-0.15, -0.1) is 0 Å². The van der Waals surface area contributed by atoms with Crippen LogP contribution in [-0.4, -0.2) is 164 Å². The largest absolute Gasteiger partial charge is 0.378 e. The zero-order valence-electron chi connectivity index (χ0n) is 52.8. The summed E-state index contributed by atoms with van der Waals surface area (Å²) in [4.78, 5) is 44.6. The molecule has 26 heteroatoms. The van der Waals surface area contributed by atoms with Crippen LogP contribution in [0, 0.1) is 21.7 Å². The Morgan fingerprint density at radius 3 is 1.43 bits per heavy atom. The van der Waals surface area contributed by atoms with Gasteiger partial charge in [-0.25, -0.2) is 26.8 Å². The van der Waals surface area contributed by atoms with Crippen molar-refractivity contribution < 1.29 is 35.9 Å². The molecule has 494 valence electrons. The van der Waals surface area contributed by atoms with Gasteiger partial charge in [0.1, 0.15) is 22.5 Å². The minimum atomic E-state index is -3.60.